The molecule has 1 radical (unpaired) electrons. The van der Waals surface area contributed by atoms with Crippen LogP contribution in [-0.2, 0) is 11.3 Å². The number of carbonyl (C=O) groups is 1. The molecule has 0 aliphatic rings. The van der Waals surface area contributed by atoms with Gasteiger partial charge in [-0.15, -0.1) is 0 Å². The first-order chi connectivity index (χ1) is 7.86. The summed E-state index contributed by atoms with van der Waals surface area (Å²) in [5.74, 6) is -0.288. The Bertz CT molecular complexity index is 454. The molecule has 2 aromatic carbocycles. The summed E-state index contributed by atoms with van der Waals surface area (Å²) in [7, 11) is 0. The molecule has 0 unspecified atom stereocenters. The fourth-order valence-corrected chi connectivity index (χ4v) is 1.38. The van der Waals surface area contributed by atoms with E-state index in [1.54, 1.807) is 12.1 Å². The summed E-state index contributed by atoms with van der Waals surface area (Å²) < 4.78 is 5.18. The van der Waals surface area contributed by atoms with E-state index in [0.717, 1.165) is 5.56 Å². The Balaban J connectivity index is 0.00000144. The maximum Gasteiger partial charge on any atom is 0.338 e. The van der Waals surface area contributed by atoms with Crippen molar-refractivity contribution in [3.05, 3.63) is 71.8 Å². The molecular formula is C14H12NaO2. The average molecular weight is 235 g/mol. The number of benzene rings is 2. The second-order valence-corrected chi connectivity index (χ2v) is 3.43. The Morgan fingerprint density at radius 3 is 2.00 bits per heavy atom. The van der Waals surface area contributed by atoms with E-state index in [2.05, 4.69) is 0 Å². The minimum Gasteiger partial charge on any atom is -0.457 e. The van der Waals surface area contributed by atoms with E-state index in [4.69, 9.17) is 4.74 Å². The van der Waals surface area contributed by atoms with Crippen molar-refractivity contribution in [1.29, 1.82) is 0 Å². The zero-order chi connectivity index (χ0) is 11.2. The van der Waals surface area contributed by atoms with Gasteiger partial charge in [0.2, 0.25) is 0 Å². The Morgan fingerprint density at radius 1 is 0.882 bits per heavy atom. The van der Waals surface area contributed by atoms with Gasteiger partial charge in [-0.2, -0.15) is 0 Å². The van der Waals surface area contributed by atoms with Crippen molar-refractivity contribution in [3.63, 3.8) is 0 Å². The molecule has 0 aliphatic carbocycles. The number of ether oxygens (including phenoxy) is 1. The summed E-state index contributed by atoms with van der Waals surface area (Å²) in [5.41, 5.74) is 1.57. The Kier molecular flexibility index (Phi) is 5.98. The van der Waals surface area contributed by atoms with Crippen LogP contribution in [0.1, 0.15) is 15.9 Å². The Labute approximate surface area is 123 Å². The molecule has 0 aliphatic heterocycles. The van der Waals surface area contributed by atoms with Gasteiger partial charge in [-0.05, 0) is 17.7 Å². The smallest absolute Gasteiger partial charge is 0.338 e. The quantitative estimate of drug-likeness (QED) is 0.604. The number of rotatable bonds is 3. The molecule has 0 amide bonds. The van der Waals surface area contributed by atoms with Crippen LogP contribution in [0.3, 0.4) is 0 Å². The molecule has 0 atom stereocenters. The summed E-state index contributed by atoms with van der Waals surface area (Å²) in [6.07, 6.45) is 0. The summed E-state index contributed by atoms with van der Waals surface area (Å²) >= 11 is 0. The standard InChI is InChI=1S/C14H12O2.Na/c15-14(13-9-5-2-6-10-13)16-11-12-7-3-1-4-8-12;/h1-10H,11H2;. The van der Waals surface area contributed by atoms with E-state index in [9.17, 15) is 4.79 Å². The van der Waals surface area contributed by atoms with E-state index in [0.29, 0.717) is 12.2 Å². The Morgan fingerprint density at radius 2 is 1.41 bits per heavy atom. The third-order valence-electron chi connectivity index (χ3n) is 2.22. The van der Waals surface area contributed by atoms with Gasteiger partial charge in [-0.1, -0.05) is 48.5 Å². The van der Waals surface area contributed by atoms with Gasteiger partial charge in [0, 0.05) is 29.6 Å². The monoisotopic (exact) mass is 235 g/mol. The van der Waals surface area contributed by atoms with Crippen LogP contribution in [0.25, 0.3) is 0 Å². The molecule has 0 heterocycles. The molecule has 0 aromatic heterocycles. The Hall–Kier alpha value is -1.09. The number of hydrogen-bond donors (Lipinski definition) is 0. The first kappa shape index (κ1) is 14.0. The summed E-state index contributed by atoms with van der Waals surface area (Å²) in [6, 6.07) is 18.6. The van der Waals surface area contributed by atoms with Gasteiger partial charge in [0.25, 0.3) is 0 Å². The maximum absolute atomic E-state index is 11.6. The van der Waals surface area contributed by atoms with Crippen LogP contribution < -0.4 is 0 Å². The first-order valence-corrected chi connectivity index (χ1v) is 5.12. The van der Waals surface area contributed by atoms with E-state index >= 15 is 0 Å². The predicted octanol–water partition coefficient (Wildman–Crippen LogP) is 2.66. The molecular weight excluding hydrogens is 223 g/mol. The van der Waals surface area contributed by atoms with Gasteiger partial charge in [0.1, 0.15) is 6.61 Å². The van der Waals surface area contributed by atoms with Crippen LogP contribution in [0, 0.1) is 0 Å². The normalized spacial score (nSPS) is 9.18. The molecule has 0 N–H and O–H groups in total. The van der Waals surface area contributed by atoms with Crippen molar-refractivity contribution in [3.8, 4) is 0 Å². The molecule has 0 fully saturated rings. The third-order valence-corrected chi connectivity index (χ3v) is 2.22. The maximum atomic E-state index is 11.6. The largest absolute Gasteiger partial charge is 0.457 e. The molecule has 2 nitrogen and oxygen atoms in total. The SMILES string of the molecule is O=C(OCc1ccccc1)c1ccccc1.[Na]. The topological polar surface area (TPSA) is 26.3 Å². The van der Waals surface area contributed by atoms with Crippen LogP contribution in [0.4, 0.5) is 0 Å². The molecule has 0 saturated carbocycles. The minimum atomic E-state index is -0.288. The van der Waals surface area contributed by atoms with Crippen molar-refractivity contribution in [2.24, 2.45) is 0 Å². The van der Waals surface area contributed by atoms with Crippen LogP contribution in [-0.4, -0.2) is 35.5 Å². The molecule has 2 rings (SSSR count). The number of hydrogen-bond acceptors (Lipinski definition) is 2. The van der Waals surface area contributed by atoms with Gasteiger partial charge in [-0.25, -0.2) is 4.79 Å². The zero-order valence-electron chi connectivity index (χ0n) is 9.80. The van der Waals surface area contributed by atoms with Crippen molar-refractivity contribution < 1.29 is 9.53 Å². The van der Waals surface area contributed by atoms with Crippen LogP contribution in [0.5, 0.6) is 0 Å². The fourth-order valence-electron chi connectivity index (χ4n) is 1.38. The van der Waals surface area contributed by atoms with Crippen molar-refractivity contribution in [1.82, 2.24) is 0 Å². The van der Waals surface area contributed by atoms with Gasteiger partial charge in [-0.3, -0.25) is 0 Å². The minimum absolute atomic E-state index is 0. The fraction of sp³-hybridized carbons (Fsp3) is 0.0714. The van der Waals surface area contributed by atoms with E-state index in [1.807, 2.05) is 48.5 Å². The molecule has 3 heteroatoms. The molecule has 2 aromatic rings. The van der Waals surface area contributed by atoms with Crippen LogP contribution in [0.15, 0.2) is 60.7 Å². The van der Waals surface area contributed by atoms with E-state index in [1.165, 1.54) is 0 Å². The summed E-state index contributed by atoms with van der Waals surface area (Å²) in [5, 5.41) is 0. The van der Waals surface area contributed by atoms with Crippen molar-refractivity contribution in [2.45, 2.75) is 6.61 Å². The molecule has 81 valence electrons. The molecule has 0 bridgehead atoms. The van der Waals surface area contributed by atoms with Crippen LogP contribution >= 0.6 is 0 Å². The predicted molar refractivity (Wildman–Crippen MR) is 67.8 cm³/mol. The van der Waals surface area contributed by atoms with Crippen molar-refractivity contribution in [2.75, 3.05) is 0 Å². The molecule has 17 heavy (non-hydrogen) atoms. The van der Waals surface area contributed by atoms with E-state index < -0.39 is 0 Å². The number of carbonyl (C=O) groups excluding carboxylic acids is 1. The van der Waals surface area contributed by atoms with Crippen molar-refractivity contribution >= 4 is 35.5 Å². The van der Waals surface area contributed by atoms with Gasteiger partial charge >= 0.3 is 5.97 Å². The molecule has 0 spiro atoms. The van der Waals surface area contributed by atoms with Gasteiger partial charge in [0.15, 0.2) is 0 Å². The number of esters is 1. The second kappa shape index (κ2) is 7.28. The average Bonchev–Trinajstić information content (AvgIpc) is 2.38. The summed E-state index contributed by atoms with van der Waals surface area (Å²) in [6.45, 7) is 0.314. The van der Waals surface area contributed by atoms with Crippen LogP contribution in [0.2, 0.25) is 0 Å². The second-order valence-electron chi connectivity index (χ2n) is 3.43. The summed E-state index contributed by atoms with van der Waals surface area (Å²) in [4.78, 5) is 11.6. The first-order valence-electron chi connectivity index (χ1n) is 5.12. The molecule has 0 saturated heterocycles. The third kappa shape index (κ3) is 4.35. The zero-order valence-corrected chi connectivity index (χ0v) is 11.8. The van der Waals surface area contributed by atoms with Gasteiger partial charge < -0.3 is 4.74 Å². The van der Waals surface area contributed by atoms with Gasteiger partial charge in [0.05, 0.1) is 5.56 Å². The van der Waals surface area contributed by atoms with E-state index in [-0.39, 0.29) is 35.5 Å².